The number of ketones is 1. The fourth-order valence-corrected chi connectivity index (χ4v) is 3.18. The molecular formula is C24H26ClNO6. The number of nitrogens with one attached hydrogen (secondary N) is 1. The number of Topliss-reactive ketones (excluding diaryl/α,β-unsaturated/α-hetero) is 1. The third-order valence-corrected chi connectivity index (χ3v) is 4.79. The largest absolute Gasteiger partial charge is 0.493 e. The van der Waals surface area contributed by atoms with Crippen molar-refractivity contribution in [1.29, 1.82) is 0 Å². The van der Waals surface area contributed by atoms with Crippen molar-refractivity contribution in [1.82, 2.24) is 5.32 Å². The predicted molar refractivity (Wildman–Crippen MR) is 122 cm³/mol. The number of amides is 1. The van der Waals surface area contributed by atoms with Crippen LogP contribution in [0.1, 0.15) is 34.8 Å². The third kappa shape index (κ3) is 7.74. The van der Waals surface area contributed by atoms with Gasteiger partial charge in [-0.25, -0.2) is 4.79 Å². The molecule has 0 aliphatic heterocycles. The molecule has 0 spiro atoms. The topological polar surface area (TPSA) is 90.9 Å². The second-order valence-electron chi connectivity index (χ2n) is 6.89. The van der Waals surface area contributed by atoms with Gasteiger partial charge in [-0.3, -0.25) is 9.59 Å². The number of benzene rings is 2. The number of methoxy groups -OCH3 is 2. The maximum atomic E-state index is 12.3. The molecule has 0 fully saturated rings. The normalized spacial score (nSPS) is 10.6. The highest BCUT2D eigenvalue weighted by atomic mass is 35.5. The van der Waals surface area contributed by atoms with Crippen LogP contribution in [-0.4, -0.2) is 45.0 Å². The number of carbonyl (C=O) groups excluding carboxylic acids is 3. The summed E-state index contributed by atoms with van der Waals surface area (Å²) in [5.74, 6) is -0.174. The van der Waals surface area contributed by atoms with Crippen molar-refractivity contribution < 1.29 is 28.6 Å². The molecular weight excluding hydrogens is 434 g/mol. The Kier molecular flexibility index (Phi) is 9.76. The molecule has 0 bridgehead atoms. The molecule has 0 atom stereocenters. The Hall–Kier alpha value is -3.32. The molecule has 32 heavy (non-hydrogen) atoms. The molecule has 0 saturated heterocycles. The van der Waals surface area contributed by atoms with Crippen molar-refractivity contribution >= 4 is 35.3 Å². The van der Waals surface area contributed by atoms with Crippen LogP contribution in [0.5, 0.6) is 11.5 Å². The van der Waals surface area contributed by atoms with Gasteiger partial charge >= 0.3 is 5.97 Å². The van der Waals surface area contributed by atoms with E-state index in [0.29, 0.717) is 34.2 Å². The number of ether oxygens (including phenoxy) is 3. The number of esters is 1. The molecule has 170 valence electrons. The van der Waals surface area contributed by atoms with Crippen LogP contribution in [0.15, 0.2) is 42.5 Å². The lowest BCUT2D eigenvalue weighted by Gasteiger charge is -2.10. The molecule has 0 aromatic heterocycles. The predicted octanol–water partition coefficient (Wildman–Crippen LogP) is 3.87. The van der Waals surface area contributed by atoms with Gasteiger partial charge in [0, 0.05) is 25.1 Å². The van der Waals surface area contributed by atoms with Crippen LogP contribution >= 0.6 is 11.6 Å². The van der Waals surface area contributed by atoms with Gasteiger partial charge in [-0.05, 0) is 42.2 Å². The minimum Gasteiger partial charge on any atom is -0.493 e. The second kappa shape index (κ2) is 12.5. The zero-order valence-electron chi connectivity index (χ0n) is 18.3. The third-order valence-electron chi connectivity index (χ3n) is 4.51. The summed E-state index contributed by atoms with van der Waals surface area (Å²) in [6.45, 7) is 1.72. The van der Waals surface area contributed by atoms with Crippen LogP contribution < -0.4 is 14.8 Å². The number of aryl methyl sites for hydroxylation is 1. The lowest BCUT2D eigenvalue weighted by atomic mass is 10.1. The second-order valence-corrected chi connectivity index (χ2v) is 7.29. The van der Waals surface area contributed by atoms with E-state index in [1.54, 1.807) is 24.3 Å². The van der Waals surface area contributed by atoms with Crippen LogP contribution in [0, 0.1) is 0 Å². The highest BCUT2D eigenvalue weighted by Gasteiger charge is 2.11. The maximum Gasteiger partial charge on any atom is 0.331 e. The Morgan fingerprint density at radius 3 is 2.41 bits per heavy atom. The highest BCUT2D eigenvalue weighted by Crippen LogP contribution is 2.36. The van der Waals surface area contributed by atoms with Gasteiger partial charge in [0.25, 0.3) is 0 Å². The summed E-state index contributed by atoms with van der Waals surface area (Å²) in [6.07, 6.45) is 4.32. The fraction of sp³-hybridized carbons (Fsp3) is 0.292. The van der Waals surface area contributed by atoms with Crippen LogP contribution in [-0.2, 0) is 20.7 Å². The van der Waals surface area contributed by atoms with Crippen molar-refractivity contribution in [2.75, 3.05) is 27.4 Å². The van der Waals surface area contributed by atoms with E-state index in [9.17, 15) is 14.4 Å². The monoisotopic (exact) mass is 459 g/mol. The first-order valence-corrected chi connectivity index (χ1v) is 10.3. The Labute approximate surface area is 192 Å². The molecule has 8 heteroatoms. The average molecular weight is 460 g/mol. The SMILES string of the molecule is COc1cc(/C=C/C(=O)OCC(=O)c2ccc(CCCNC(C)=O)cc2)cc(Cl)c1OC. The molecule has 0 radical (unpaired) electrons. The average Bonchev–Trinajstić information content (AvgIpc) is 2.78. The Morgan fingerprint density at radius 2 is 1.78 bits per heavy atom. The molecule has 0 aliphatic rings. The summed E-state index contributed by atoms with van der Waals surface area (Å²) in [7, 11) is 2.97. The van der Waals surface area contributed by atoms with Crippen molar-refractivity contribution in [3.05, 3.63) is 64.2 Å². The fourth-order valence-electron chi connectivity index (χ4n) is 2.88. The number of halogens is 1. The van der Waals surface area contributed by atoms with E-state index in [1.807, 2.05) is 12.1 Å². The lowest BCUT2D eigenvalue weighted by molar-refractivity contribution is -0.136. The zero-order valence-corrected chi connectivity index (χ0v) is 19.0. The number of hydrogen-bond acceptors (Lipinski definition) is 6. The molecule has 2 rings (SSSR count). The number of rotatable bonds is 11. The van der Waals surface area contributed by atoms with Crippen molar-refractivity contribution in [3.8, 4) is 11.5 Å². The Balaban J connectivity index is 1.85. The molecule has 1 N–H and O–H groups in total. The van der Waals surface area contributed by atoms with E-state index < -0.39 is 5.97 Å². The summed E-state index contributed by atoms with van der Waals surface area (Å²) in [4.78, 5) is 35.1. The molecule has 0 aliphatic carbocycles. The van der Waals surface area contributed by atoms with E-state index >= 15 is 0 Å². The van der Waals surface area contributed by atoms with Gasteiger partial charge in [0.1, 0.15) is 0 Å². The van der Waals surface area contributed by atoms with Gasteiger partial charge < -0.3 is 19.5 Å². The minimum absolute atomic E-state index is 0.0529. The maximum absolute atomic E-state index is 12.3. The van der Waals surface area contributed by atoms with Crippen LogP contribution in [0.4, 0.5) is 0 Å². The summed E-state index contributed by atoms with van der Waals surface area (Å²) in [5, 5.41) is 3.08. The van der Waals surface area contributed by atoms with Crippen LogP contribution in [0.2, 0.25) is 5.02 Å². The van der Waals surface area contributed by atoms with Gasteiger partial charge in [-0.1, -0.05) is 35.9 Å². The van der Waals surface area contributed by atoms with Crippen molar-refractivity contribution in [2.24, 2.45) is 0 Å². The molecule has 2 aromatic carbocycles. The molecule has 1 amide bonds. The van der Waals surface area contributed by atoms with E-state index in [-0.39, 0.29) is 18.3 Å². The quantitative estimate of drug-likeness (QED) is 0.237. The summed E-state index contributed by atoms with van der Waals surface area (Å²) in [6, 6.07) is 10.4. The summed E-state index contributed by atoms with van der Waals surface area (Å²) < 4.78 is 15.4. The van der Waals surface area contributed by atoms with Crippen molar-refractivity contribution in [2.45, 2.75) is 19.8 Å². The zero-order chi connectivity index (χ0) is 23.5. The smallest absolute Gasteiger partial charge is 0.331 e. The molecule has 7 nitrogen and oxygen atoms in total. The van der Waals surface area contributed by atoms with Gasteiger partial charge in [-0.2, -0.15) is 0 Å². The van der Waals surface area contributed by atoms with Crippen LogP contribution in [0.3, 0.4) is 0 Å². The Morgan fingerprint density at radius 1 is 1.06 bits per heavy atom. The van der Waals surface area contributed by atoms with Crippen LogP contribution in [0.25, 0.3) is 6.08 Å². The van der Waals surface area contributed by atoms with Gasteiger partial charge in [0.2, 0.25) is 5.91 Å². The first-order chi connectivity index (χ1) is 15.3. The van der Waals surface area contributed by atoms with E-state index in [2.05, 4.69) is 5.32 Å². The molecule has 0 saturated carbocycles. The number of hydrogen-bond donors (Lipinski definition) is 1. The van der Waals surface area contributed by atoms with Gasteiger partial charge in [-0.15, -0.1) is 0 Å². The highest BCUT2D eigenvalue weighted by molar-refractivity contribution is 6.32. The lowest BCUT2D eigenvalue weighted by Crippen LogP contribution is -2.21. The molecule has 0 unspecified atom stereocenters. The van der Waals surface area contributed by atoms with E-state index in [0.717, 1.165) is 18.4 Å². The first-order valence-electron chi connectivity index (χ1n) is 9.97. The Bertz CT molecular complexity index is 985. The van der Waals surface area contributed by atoms with Gasteiger partial charge in [0.05, 0.1) is 19.2 Å². The number of carbonyl (C=O) groups is 3. The molecule has 0 heterocycles. The van der Waals surface area contributed by atoms with E-state index in [4.69, 9.17) is 25.8 Å². The standard InChI is InChI=1S/C24H26ClNO6/c1-16(27)26-12-4-5-17-6-9-19(10-7-17)21(28)15-32-23(29)11-8-18-13-20(25)24(31-3)22(14-18)30-2/h6-11,13-14H,4-5,12,15H2,1-3H3,(H,26,27)/b11-8+. The van der Waals surface area contributed by atoms with E-state index in [1.165, 1.54) is 33.3 Å². The molecule has 2 aromatic rings. The summed E-state index contributed by atoms with van der Waals surface area (Å²) in [5.41, 5.74) is 2.13. The van der Waals surface area contributed by atoms with Gasteiger partial charge in [0.15, 0.2) is 23.9 Å². The first kappa shape index (κ1) is 24.9. The minimum atomic E-state index is -0.654. The summed E-state index contributed by atoms with van der Waals surface area (Å²) >= 11 is 6.14. The van der Waals surface area contributed by atoms with Crippen molar-refractivity contribution in [3.63, 3.8) is 0 Å².